The van der Waals surface area contributed by atoms with Crippen molar-refractivity contribution in [3.63, 3.8) is 0 Å². The van der Waals surface area contributed by atoms with E-state index in [1.165, 1.54) is 56.3 Å². The molecule has 2 heterocycles. The molecule has 0 spiro atoms. The van der Waals surface area contributed by atoms with E-state index in [2.05, 4.69) is 28.2 Å². The van der Waals surface area contributed by atoms with Crippen molar-refractivity contribution >= 4 is 6.21 Å². The summed E-state index contributed by atoms with van der Waals surface area (Å²) in [5.74, 6) is 0.953. The molecule has 1 fully saturated rings. The maximum Gasteiger partial charge on any atom is 0.155 e. The van der Waals surface area contributed by atoms with Crippen molar-refractivity contribution < 1.29 is 4.74 Å². The third-order valence-corrected chi connectivity index (χ3v) is 5.51. The monoisotopic (exact) mass is 325 g/mol. The summed E-state index contributed by atoms with van der Waals surface area (Å²) in [6.07, 6.45) is 13.7. The smallest absolute Gasteiger partial charge is 0.155 e. The van der Waals surface area contributed by atoms with E-state index in [0.717, 1.165) is 18.2 Å². The van der Waals surface area contributed by atoms with E-state index in [1.807, 2.05) is 25.5 Å². The van der Waals surface area contributed by atoms with Gasteiger partial charge in [-0.2, -0.15) is 5.10 Å². The van der Waals surface area contributed by atoms with Gasteiger partial charge in [-0.1, -0.05) is 18.9 Å². The second-order valence-corrected chi connectivity index (χ2v) is 7.17. The quantitative estimate of drug-likeness (QED) is 0.854. The number of ether oxygens (including phenoxy) is 1. The molecular weight excluding hydrogens is 298 g/mol. The van der Waals surface area contributed by atoms with Gasteiger partial charge >= 0.3 is 0 Å². The molecule has 4 heteroatoms. The zero-order chi connectivity index (χ0) is 16.4. The van der Waals surface area contributed by atoms with Crippen LogP contribution in [0.1, 0.15) is 36.8 Å². The van der Waals surface area contributed by atoms with Gasteiger partial charge in [0.15, 0.2) is 6.10 Å². The van der Waals surface area contributed by atoms with Gasteiger partial charge < -0.3 is 4.74 Å². The van der Waals surface area contributed by atoms with Gasteiger partial charge in [-0.15, -0.1) is 0 Å². The number of benzene rings is 1. The minimum Gasteiger partial charge on any atom is -0.481 e. The van der Waals surface area contributed by atoms with Crippen LogP contribution in [0.25, 0.3) is 0 Å². The van der Waals surface area contributed by atoms with E-state index in [4.69, 9.17) is 4.74 Å². The predicted octanol–water partition coefficient (Wildman–Crippen LogP) is 3.22. The summed E-state index contributed by atoms with van der Waals surface area (Å²) >= 11 is 0. The lowest BCUT2D eigenvalue weighted by molar-refractivity contribution is 0.208. The molecule has 0 saturated heterocycles. The molecule has 4 rings (SSSR count). The molecule has 128 valence electrons. The lowest BCUT2D eigenvalue weighted by Crippen LogP contribution is -2.35. The van der Waals surface area contributed by atoms with E-state index in [9.17, 15) is 0 Å². The van der Waals surface area contributed by atoms with E-state index in [-0.39, 0.29) is 6.10 Å². The molecule has 1 unspecified atom stereocenters. The fourth-order valence-electron chi connectivity index (χ4n) is 4.12. The Morgan fingerprint density at radius 3 is 2.62 bits per heavy atom. The van der Waals surface area contributed by atoms with Crippen molar-refractivity contribution in [1.82, 2.24) is 9.91 Å². The van der Waals surface area contributed by atoms with E-state index >= 15 is 0 Å². The van der Waals surface area contributed by atoms with Crippen molar-refractivity contribution in [2.24, 2.45) is 5.10 Å². The lowest BCUT2D eigenvalue weighted by Gasteiger charge is -2.26. The first-order chi connectivity index (χ1) is 11.8. The van der Waals surface area contributed by atoms with Gasteiger partial charge in [0.05, 0.1) is 6.21 Å². The summed E-state index contributed by atoms with van der Waals surface area (Å²) in [6.45, 7) is 2.40. The molecule has 0 radical (unpaired) electrons. The topological polar surface area (TPSA) is 28.1 Å². The molecular formula is C20H27N3O. The van der Waals surface area contributed by atoms with Gasteiger partial charge in [0.25, 0.3) is 0 Å². The van der Waals surface area contributed by atoms with Crippen LogP contribution >= 0.6 is 0 Å². The minimum absolute atomic E-state index is 0.0694. The normalized spacial score (nSPS) is 24.9. The molecule has 0 bridgehead atoms. The summed E-state index contributed by atoms with van der Waals surface area (Å²) in [5, 5.41) is 6.04. The average molecular weight is 325 g/mol. The Bertz CT molecular complexity index is 620. The second kappa shape index (κ2) is 6.98. The molecule has 0 amide bonds. The fraction of sp³-hybridized carbons (Fsp3) is 0.550. The van der Waals surface area contributed by atoms with E-state index in [0.29, 0.717) is 0 Å². The van der Waals surface area contributed by atoms with Crippen LogP contribution in [0.2, 0.25) is 0 Å². The molecule has 2 aliphatic heterocycles. The highest BCUT2D eigenvalue weighted by Gasteiger charge is 2.24. The van der Waals surface area contributed by atoms with Crippen molar-refractivity contribution in [3.8, 4) is 5.75 Å². The summed E-state index contributed by atoms with van der Waals surface area (Å²) in [6, 6.07) is 7.45. The van der Waals surface area contributed by atoms with Crippen LogP contribution in [0.4, 0.5) is 0 Å². The highest BCUT2D eigenvalue weighted by atomic mass is 16.5. The average Bonchev–Trinajstić information content (AvgIpc) is 3.05. The molecule has 0 N–H and O–H groups in total. The lowest BCUT2D eigenvalue weighted by atomic mass is 10.0. The number of fused-ring (bicyclic) bond motifs is 1. The van der Waals surface area contributed by atoms with Gasteiger partial charge in [0, 0.05) is 32.4 Å². The van der Waals surface area contributed by atoms with Crippen LogP contribution in [-0.2, 0) is 12.8 Å². The van der Waals surface area contributed by atoms with Gasteiger partial charge in [-0.25, -0.2) is 0 Å². The van der Waals surface area contributed by atoms with Crippen LogP contribution < -0.4 is 4.74 Å². The van der Waals surface area contributed by atoms with Gasteiger partial charge in [0.2, 0.25) is 0 Å². The maximum absolute atomic E-state index is 6.06. The molecule has 24 heavy (non-hydrogen) atoms. The molecule has 1 aliphatic carbocycles. The Morgan fingerprint density at radius 1 is 1.08 bits per heavy atom. The zero-order valence-corrected chi connectivity index (χ0v) is 14.5. The first-order valence-electron chi connectivity index (χ1n) is 9.26. The molecule has 1 aromatic rings. The molecule has 1 atom stereocenters. The largest absolute Gasteiger partial charge is 0.481 e. The molecule has 4 nitrogen and oxygen atoms in total. The fourth-order valence-corrected chi connectivity index (χ4v) is 4.12. The number of nitrogens with zero attached hydrogens (tertiary/aromatic N) is 3. The summed E-state index contributed by atoms with van der Waals surface area (Å²) in [5.41, 5.74) is 2.96. The van der Waals surface area contributed by atoms with Crippen molar-refractivity contribution in [2.75, 3.05) is 20.1 Å². The highest BCUT2D eigenvalue weighted by Crippen LogP contribution is 2.28. The second-order valence-electron chi connectivity index (χ2n) is 7.17. The Kier molecular flexibility index (Phi) is 4.56. The maximum atomic E-state index is 6.06. The molecule has 1 saturated carbocycles. The standard InChI is InChI=1S/C20H27N3O/c1-22-11-10-20(15-21-22)24-19-7-6-16-8-12-23(13-9-17(16)14-19)18-4-2-3-5-18/h6-7,10-11,14-15,18,20H,2-5,8-9,12-13H2,1H3. The predicted molar refractivity (Wildman–Crippen MR) is 97.5 cm³/mol. The number of rotatable bonds is 3. The Labute approximate surface area is 144 Å². The highest BCUT2D eigenvalue weighted by molar-refractivity contribution is 5.67. The molecule has 0 aromatic heterocycles. The summed E-state index contributed by atoms with van der Waals surface area (Å²) in [4.78, 5) is 2.72. The Morgan fingerprint density at radius 2 is 1.88 bits per heavy atom. The number of hydrogen-bond donors (Lipinski definition) is 0. The summed E-state index contributed by atoms with van der Waals surface area (Å²) in [7, 11) is 1.92. The molecule has 3 aliphatic rings. The van der Waals surface area contributed by atoms with Crippen LogP contribution in [0.3, 0.4) is 0 Å². The van der Waals surface area contributed by atoms with Gasteiger partial charge in [-0.3, -0.25) is 9.91 Å². The zero-order valence-electron chi connectivity index (χ0n) is 14.5. The van der Waals surface area contributed by atoms with Gasteiger partial charge in [0.1, 0.15) is 5.75 Å². The minimum atomic E-state index is -0.0694. The van der Waals surface area contributed by atoms with E-state index in [1.54, 1.807) is 5.01 Å². The van der Waals surface area contributed by atoms with Crippen molar-refractivity contribution in [3.05, 3.63) is 41.6 Å². The van der Waals surface area contributed by atoms with Crippen molar-refractivity contribution in [2.45, 2.75) is 50.7 Å². The van der Waals surface area contributed by atoms with Crippen LogP contribution in [0, 0.1) is 0 Å². The van der Waals surface area contributed by atoms with Crippen LogP contribution in [0.5, 0.6) is 5.75 Å². The Balaban J connectivity index is 1.42. The molecule has 1 aromatic carbocycles. The van der Waals surface area contributed by atoms with Gasteiger partial charge in [-0.05, 0) is 55.0 Å². The van der Waals surface area contributed by atoms with Crippen LogP contribution in [-0.4, -0.2) is 48.4 Å². The van der Waals surface area contributed by atoms with Crippen LogP contribution in [0.15, 0.2) is 35.6 Å². The van der Waals surface area contributed by atoms with Crippen molar-refractivity contribution in [1.29, 1.82) is 0 Å². The third-order valence-electron chi connectivity index (χ3n) is 5.51. The van der Waals surface area contributed by atoms with E-state index < -0.39 is 0 Å². The number of hydrazone groups is 1. The third kappa shape index (κ3) is 3.48. The first kappa shape index (κ1) is 15.7. The Hall–Kier alpha value is -1.81. The first-order valence-corrected chi connectivity index (χ1v) is 9.26. The summed E-state index contributed by atoms with van der Waals surface area (Å²) < 4.78 is 6.06. The SMILES string of the molecule is CN1C=CC(Oc2ccc3c(c2)CCN(C2CCCC2)CC3)C=N1. The number of hydrogen-bond acceptors (Lipinski definition) is 4.